The van der Waals surface area contributed by atoms with Crippen LogP contribution in [0, 0.1) is 11.7 Å². The lowest BCUT2D eigenvalue weighted by molar-refractivity contribution is -0.122. The third-order valence-corrected chi connectivity index (χ3v) is 6.89. The molecule has 2 N–H and O–H groups in total. The SMILES string of the molecule is CC(C)C(NC(=O)Cn1c(-c2ccccc2)nc2oc(=O)[nH]c2c1=O)C(=O)c1nnc(C(C)(C)c2ccc(F)cc2)o1. The molecule has 13 heteroatoms. The summed E-state index contributed by atoms with van der Waals surface area (Å²) in [6.45, 7) is 6.54. The zero-order valence-corrected chi connectivity index (χ0v) is 23.2. The molecule has 216 valence electrons. The number of Topliss-reactive ketones (excluding diaryl/α,β-unsaturated/α-hetero) is 1. The van der Waals surface area contributed by atoms with E-state index < -0.39 is 52.7 Å². The van der Waals surface area contributed by atoms with Crippen molar-refractivity contribution in [1.29, 1.82) is 0 Å². The van der Waals surface area contributed by atoms with E-state index in [9.17, 15) is 23.6 Å². The second-order valence-electron chi connectivity index (χ2n) is 10.6. The van der Waals surface area contributed by atoms with Gasteiger partial charge in [-0.2, -0.15) is 4.98 Å². The quantitative estimate of drug-likeness (QED) is 0.251. The van der Waals surface area contributed by atoms with Crippen LogP contribution in [-0.4, -0.2) is 42.5 Å². The molecular weight excluding hydrogens is 547 g/mol. The molecule has 3 aromatic heterocycles. The van der Waals surface area contributed by atoms with Crippen molar-refractivity contribution in [3.05, 3.63) is 98.7 Å². The van der Waals surface area contributed by atoms with Crippen LogP contribution in [0.1, 0.15) is 49.8 Å². The molecule has 12 nitrogen and oxygen atoms in total. The summed E-state index contributed by atoms with van der Waals surface area (Å²) in [5.41, 5.74) is -0.699. The van der Waals surface area contributed by atoms with E-state index >= 15 is 0 Å². The molecule has 1 amide bonds. The fraction of sp³-hybridized carbons (Fsp3) is 0.276. The highest BCUT2D eigenvalue weighted by molar-refractivity contribution is 5.98. The van der Waals surface area contributed by atoms with Crippen LogP contribution < -0.4 is 16.6 Å². The molecule has 0 saturated carbocycles. The highest BCUT2D eigenvalue weighted by Gasteiger charge is 2.34. The maximum Gasteiger partial charge on any atom is 0.418 e. The average molecular weight is 575 g/mol. The van der Waals surface area contributed by atoms with Gasteiger partial charge in [0.2, 0.25) is 17.6 Å². The van der Waals surface area contributed by atoms with E-state index in [1.807, 2.05) is 0 Å². The molecule has 5 rings (SSSR count). The first kappa shape index (κ1) is 28.3. The Kier molecular flexibility index (Phi) is 7.42. The number of hydrogen-bond acceptors (Lipinski definition) is 9. The monoisotopic (exact) mass is 574 g/mol. The Hall–Kier alpha value is -5.20. The molecule has 42 heavy (non-hydrogen) atoms. The van der Waals surface area contributed by atoms with Crippen LogP contribution in [0.15, 0.2) is 73.0 Å². The van der Waals surface area contributed by atoms with E-state index in [4.69, 9.17) is 8.83 Å². The highest BCUT2D eigenvalue weighted by atomic mass is 19.1. The van der Waals surface area contributed by atoms with E-state index in [-0.39, 0.29) is 28.8 Å². The summed E-state index contributed by atoms with van der Waals surface area (Å²) in [7, 11) is 0. The lowest BCUT2D eigenvalue weighted by Gasteiger charge is -2.21. The van der Waals surface area contributed by atoms with Gasteiger partial charge in [0, 0.05) is 5.56 Å². The molecule has 0 aliphatic rings. The van der Waals surface area contributed by atoms with Gasteiger partial charge in [0.1, 0.15) is 18.2 Å². The lowest BCUT2D eigenvalue weighted by Crippen LogP contribution is -2.46. The molecule has 5 aromatic rings. The number of hydrogen-bond donors (Lipinski definition) is 2. The normalized spacial score (nSPS) is 12.5. The summed E-state index contributed by atoms with van der Waals surface area (Å²) in [6, 6.07) is 13.4. The second kappa shape index (κ2) is 11.0. The first-order chi connectivity index (χ1) is 20.0. The number of oxazole rings is 1. The van der Waals surface area contributed by atoms with Crippen LogP contribution in [0.2, 0.25) is 0 Å². The summed E-state index contributed by atoms with van der Waals surface area (Å²) in [5, 5.41) is 10.6. The average Bonchev–Trinajstić information content (AvgIpc) is 3.61. The Morgan fingerprint density at radius 2 is 1.71 bits per heavy atom. The smallest absolute Gasteiger partial charge is 0.417 e. The zero-order chi connectivity index (χ0) is 30.2. The first-order valence-corrected chi connectivity index (χ1v) is 13.1. The van der Waals surface area contributed by atoms with Gasteiger partial charge in [-0.25, -0.2) is 9.18 Å². The summed E-state index contributed by atoms with van der Waals surface area (Å²) in [5.74, 6) is -2.99. The fourth-order valence-electron chi connectivity index (χ4n) is 4.48. The van der Waals surface area contributed by atoms with Gasteiger partial charge < -0.3 is 14.2 Å². The molecule has 3 heterocycles. The van der Waals surface area contributed by atoms with Gasteiger partial charge in [0.15, 0.2) is 5.52 Å². The molecule has 2 aromatic carbocycles. The number of nitrogens with one attached hydrogen (secondary N) is 2. The van der Waals surface area contributed by atoms with Crippen molar-refractivity contribution in [1.82, 2.24) is 30.0 Å². The number of ketones is 1. The van der Waals surface area contributed by atoms with Crippen molar-refractivity contribution in [2.45, 2.75) is 45.7 Å². The van der Waals surface area contributed by atoms with Gasteiger partial charge in [-0.3, -0.25) is 23.9 Å². The molecule has 0 aliphatic carbocycles. The Morgan fingerprint density at radius 3 is 2.38 bits per heavy atom. The number of aromatic nitrogens is 5. The first-order valence-electron chi connectivity index (χ1n) is 13.1. The molecule has 0 spiro atoms. The largest absolute Gasteiger partial charge is 0.418 e. The van der Waals surface area contributed by atoms with Crippen LogP contribution >= 0.6 is 0 Å². The van der Waals surface area contributed by atoms with Gasteiger partial charge in [-0.15, -0.1) is 10.2 Å². The topological polar surface area (TPSA) is 166 Å². The number of aromatic amines is 1. The zero-order valence-electron chi connectivity index (χ0n) is 23.2. The minimum absolute atomic E-state index is 0.1000. The number of carbonyl (C=O) groups is 2. The van der Waals surface area contributed by atoms with Gasteiger partial charge in [-0.05, 0) is 37.5 Å². The van der Waals surface area contributed by atoms with Crippen LogP contribution in [0.3, 0.4) is 0 Å². The Balaban J connectivity index is 1.41. The Bertz CT molecular complexity index is 1890. The molecule has 0 fully saturated rings. The van der Waals surface area contributed by atoms with E-state index in [1.54, 1.807) is 70.2 Å². The van der Waals surface area contributed by atoms with Crippen molar-refractivity contribution in [3.63, 3.8) is 0 Å². The lowest BCUT2D eigenvalue weighted by atomic mass is 9.84. The molecule has 0 aliphatic heterocycles. The molecular formula is C29H27FN6O6. The third-order valence-electron chi connectivity index (χ3n) is 6.89. The fourth-order valence-corrected chi connectivity index (χ4v) is 4.48. The van der Waals surface area contributed by atoms with E-state index in [1.165, 1.54) is 12.1 Å². The van der Waals surface area contributed by atoms with Crippen molar-refractivity contribution in [2.24, 2.45) is 5.92 Å². The number of fused-ring (bicyclic) bond motifs is 1. The van der Waals surface area contributed by atoms with Crippen LogP contribution in [0.5, 0.6) is 0 Å². The number of halogens is 1. The summed E-state index contributed by atoms with van der Waals surface area (Å²) >= 11 is 0. The van der Waals surface area contributed by atoms with Crippen LogP contribution in [-0.2, 0) is 16.8 Å². The predicted molar refractivity (Wildman–Crippen MR) is 148 cm³/mol. The molecule has 1 atom stereocenters. The highest BCUT2D eigenvalue weighted by Crippen LogP contribution is 2.31. The van der Waals surface area contributed by atoms with E-state index in [2.05, 4.69) is 25.5 Å². The summed E-state index contributed by atoms with van der Waals surface area (Å²) in [4.78, 5) is 58.3. The summed E-state index contributed by atoms with van der Waals surface area (Å²) in [6.07, 6.45) is 0. The second-order valence-corrected chi connectivity index (χ2v) is 10.6. The number of H-pyrrole nitrogens is 1. The molecule has 0 bridgehead atoms. The van der Waals surface area contributed by atoms with Crippen LogP contribution in [0.25, 0.3) is 22.6 Å². The minimum atomic E-state index is -1.07. The standard InChI is InChI=1S/C29H27FN6O6/c1-15(2)20(22(38)25-34-35-27(41-25)29(3,4)17-10-12-18(30)13-11-17)31-19(37)14-36-23(16-8-6-5-7-9-16)33-24-21(26(36)39)32-28(40)42-24/h5-13,15,20H,14H2,1-4H3,(H,31,37)(H,32,40). The minimum Gasteiger partial charge on any atom is -0.417 e. The number of carbonyl (C=O) groups excluding carboxylic acids is 2. The van der Waals surface area contributed by atoms with E-state index in [0.29, 0.717) is 11.1 Å². The Labute approximate surface area is 237 Å². The van der Waals surface area contributed by atoms with Crippen molar-refractivity contribution >= 4 is 22.9 Å². The molecule has 1 unspecified atom stereocenters. The van der Waals surface area contributed by atoms with E-state index in [0.717, 1.165) is 4.57 Å². The van der Waals surface area contributed by atoms with Crippen molar-refractivity contribution in [3.8, 4) is 11.4 Å². The number of nitrogens with zero attached hydrogens (tertiary/aromatic N) is 4. The maximum absolute atomic E-state index is 13.4. The summed E-state index contributed by atoms with van der Waals surface area (Å²) < 4.78 is 25.2. The number of amides is 1. The van der Waals surface area contributed by atoms with Crippen molar-refractivity contribution < 1.29 is 22.8 Å². The van der Waals surface area contributed by atoms with Gasteiger partial charge in [0.05, 0.1) is 11.5 Å². The number of benzene rings is 2. The van der Waals surface area contributed by atoms with Gasteiger partial charge >= 0.3 is 5.76 Å². The maximum atomic E-state index is 13.4. The van der Waals surface area contributed by atoms with Gasteiger partial charge in [-0.1, -0.05) is 56.3 Å². The predicted octanol–water partition coefficient (Wildman–Crippen LogP) is 3.22. The number of rotatable bonds is 9. The van der Waals surface area contributed by atoms with Gasteiger partial charge in [0.25, 0.3) is 17.2 Å². The van der Waals surface area contributed by atoms with Crippen molar-refractivity contribution in [2.75, 3.05) is 0 Å². The molecule has 0 radical (unpaired) electrons. The third kappa shape index (κ3) is 5.40. The molecule has 0 saturated heterocycles. The Morgan fingerprint density at radius 1 is 1.02 bits per heavy atom. The van der Waals surface area contributed by atoms with Crippen LogP contribution in [0.4, 0.5) is 4.39 Å².